The van der Waals surface area contributed by atoms with Crippen molar-refractivity contribution in [1.82, 2.24) is 5.32 Å². The Kier molecular flexibility index (Phi) is 8.14. The molecule has 0 heterocycles. The van der Waals surface area contributed by atoms with Gasteiger partial charge >= 0.3 is 0 Å². The number of amides is 2. The molecule has 2 rings (SSSR count). The maximum atomic E-state index is 12.0. The van der Waals surface area contributed by atoms with Crippen molar-refractivity contribution in [2.24, 2.45) is 5.92 Å². The van der Waals surface area contributed by atoms with Crippen LogP contribution < -0.4 is 15.4 Å². The van der Waals surface area contributed by atoms with Crippen molar-refractivity contribution in [3.8, 4) is 5.75 Å². The summed E-state index contributed by atoms with van der Waals surface area (Å²) in [5.41, 5.74) is 1.23. The quantitative estimate of drug-likeness (QED) is 0.620. The van der Waals surface area contributed by atoms with Gasteiger partial charge in [0.15, 0.2) is 0 Å². The number of hydrogen-bond donors (Lipinski definition) is 2. The number of ether oxygens (including phenoxy) is 1. The molecule has 6 heteroatoms. The molecule has 0 aliphatic carbocycles. The summed E-state index contributed by atoms with van der Waals surface area (Å²) in [6.07, 6.45) is 0.853. The number of nitrogens with one attached hydrogen (secondary N) is 2. The highest BCUT2D eigenvalue weighted by atomic mass is 35.5. The number of benzene rings is 2. The molecule has 0 unspecified atom stereocenters. The third-order valence-electron chi connectivity index (χ3n) is 3.69. The summed E-state index contributed by atoms with van der Waals surface area (Å²) in [5.74, 6) is 0.741. The number of rotatable bonds is 9. The Labute approximate surface area is 165 Å². The minimum Gasteiger partial charge on any atom is -0.492 e. The fourth-order valence-corrected chi connectivity index (χ4v) is 2.55. The predicted octanol–water partition coefficient (Wildman–Crippen LogP) is 4.52. The molecule has 5 nitrogen and oxygen atoms in total. The molecule has 2 aromatic rings. The van der Waals surface area contributed by atoms with E-state index in [1.54, 1.807) is 30.3 Å². The van der Waals surface area contributed by atoms with Crippen molar-refractivity contribution >= 4 is 29.1 Å². The van der Waals surface area contributed by atoms with Gasteiger partial charge in [0.1, 0.15) is 5.75 Å². The lowest BCUT2D eigenvalue weighted by Gasteiger charge is -2.12. The SMILES string of the molecule is CC(C)COc1ccc(NC(=O)CCCNC(=O)c2ccccc2)cc1Cl. The van der Waals surface area contributed by atoms with Gasteiger partial charge in [-0.05, 0) is 42.7 Å². The zero-order valence-electron chi connectivity index (χ0n) is 15.6. The molecule has 0 saturated carbocycles. The Balaban J connectivity index is 1.72. The van der Waals surface area contributed by atoms with Gasteiger partial charge in [-0.1, -0.05) is 43.6 Å². The Hall–Kier alpha value is -2.53. The van der Waals surface area contributed by atoms with Crippen molar-refractivity contribution < 1.29 is 14.3 Å². The third kappa shape index (κ3) is 7.31. The van der Waals surface area contributed by atoms with Gasteiger partial charge in [0.2, 0.25) is 5.91 Å². The lowest BCUT2D eigenvalue weighted by Crippen LogP contribution is -2.25. The van der Waals surface area contributed by atoms with E-state index in [-0.39, 0.29) is 11.8 Å². The Morgan fingerprint density at radius 2 is 1.85 bits per heavy atom. The van der Waals surface area contributed by atoms with Crippen molar-refractivity contribution in [3.63, 3.8) is 0 Å². The van der Waals surface area contributed by atoms with Crippen molar-refractivity contribution in [2.75, 3.05) is 18.5 Å². The number of halogens is 1. The highest BCUT2D eigenvalue weighted by Gasteiger charge is 2.08. The van der Waals surface area contributed by atoms with E-state index in [2.05, 4.69) is 24.5 Å². The maximum absolute atomic E-state index is 12.0. The van der Waals surface area contributed by atoms with E-state index in [1.807, 2.05) is 18.2 Å². The molecule has 0 aliphatic heterocycles. The molecule has 144 valence electrons. The van der Waals surface area contributed by atoms with Gasteiger partial charge in [-0.15, -0.1) is 0 Å². The molecule has 27 heavy (non-hydrogen) atoms. The molecule has 2 amide bonds. The van der Waals surface area contributed by atoms with Crippen molar-refractivity contribution in [2.45, 2.75) is 26.7 Å². The van der Waals surface area contributed by atoms with E-state index < -0.39 is 0 Å². The number of carbonyl (C=O) groups is 2. The van der Waals surface area contributed by atoms with Gasteiger partial charge in [0.25, 0.3) is 5.91 Å². The zero-order valence-corrected chi connectivity index (χ0v) is 16.4. The minimum atomic E-state index is -0.139. The Morgan fingerprint density at radius 1 is 1.11 bits per heavy atom. The second-order valence-corrected chi connectivity index (χ2v) is 7.03. The highest BCUT2D eigenvalue weighted by molar-refractivity contribution is 6.32. The van der Waals surface area contributed by atoms with Gasteiger partial charge in [0, 0.05) is 24.2 Å². The van der Waals surface area contributed by atoms with Gasteiger partial charge in [-0.2, -0.15) is 0 Å². The molecule has 0 aliphatic rings. The van der Waals surface area contributed by atoms with Crippen LogP contribution >= 0.6 is 11.6 Å². The largest absolute Gasteiger partial charge is 0.492 e. The van der Waals surface area contributed by atoms with Crippen LogP contribution in [0.5, 0.6) is 5.75 Å². The van der Waals surface area contributed by atoms with Crippen LogP contribution in [0.3, 0.4) is 0 Å². The van der Waals surface area contributed by atoms with Crippen LogP contribution in [-0.2, 0) is 4.79 Å². The number of hydrogen-bond acceptors (Lipinski definition) is 3. The van der Waals surface area contributed by atoms with Gasteiger partial charge < -0.3 is 15.4 Å². The molecule has 0 bridgehead atoms. The van der Waals surface area contributed by atoms with Crippen LogP contribution in [0.4, 0.5) is 5.69 Å². The van der Waals surface area contributed by atoms with Gasteiger partial charge in [-0.3, -0.25) is 9.59 Å². The average Bonchev–Trinajstić information content (AvgIpc) is 2.65. The fraction of sp³-hybridized carbons (Fsp3) is 0.333. The third-order valence-corrected chi connectivity index (χ3v) is 3.99. The molecular weight excluding hydrogens is 364 g/mol. The van der Waals surface area contributed by atoms with Crippen LogP contribution in [0, 0.1) is 5.92 Å². The second kappa shape index (κ2) is 10.6. The van der Waals surface area contributed by atoms with Gasteiger partial charge in [-0.25, -0.2) is 0 Å². The Morgan fingerprint density at radius 3 is 2.52 bits per heavy atom. The maximum Gasteiger partial charge on any atom is 0.251 e. The summed E-state index contributed by atoms with van der Waals surface area (Å²) < 4.78 is 5.61. The van der Waals surface area contributed by atoms with E-state index in [4.69, 9.17) is 16.3 Å². The molecule has 0 fully saturated rings. The number of anilines is 1. The van der Waals surface area contributed by atoms with Crippen molar-refractivity contribution in [1.29, 1.82) is 0 Å². The van der Waals surface area contributed by atoms with Crippen LogP contribution in [0.2, 0.25) is 5.02 Å². The highest BCUT2D eigenvalue weighted by Crippen LogP contribution is 2.28. The van der Waals surface area contributed by atoms with Crippen LogP contribution in [-0.4, -0.2) is 25.0 Å². The van der Waals surface area contributed by atoms with E-state index in [0.717, 1.165) is 0 Å². The summed E-state index contributed by atoms with van der Waals surface area (Å²) >= 11 is 6.19. The van der Waals surface area contributed by atoms with E-state index in [0.29, 0.717) is 53.9 Å². The molecule has 0 aromatic heterocycles. The van der Waals surface area contributed by atoms with Gasteiger partial charge in [0.05, 0.1) is 11.6 Å². The van der Waals surface area contributed by atoms with Crippen molar-refractivity contribution in [3.05, 3.63) is 59.1 Å². The molecule has 0 spiro atoms. The molecule has 0 atom stereocenters. The summed E-state index contributed by atoms with van der Waals surface area (Å²) in [6.45, 7) is 5.14. The summed E-state index contributed by atoms with van der Waals surface area (Å²) in [4.78, 5) is 23.9. The fourth-order valence-electron chi connectivity index (χ4n) is 2.32. The first-order valence-corrected chi connectivity index (χ1v) is 9.39. The lowest BCUT2D eigenvalue weighted by atomic mass is 10.2. The average molecular weight is 389 g/mol. The normalized spacial score (nSPS) is 10.5. The monoisotopic (exact) mass is 388 g/mol. The van der Waals surface area contributed by atoms with E-state index >= 15 is 0 Å². The smallest absolute Gasteiger partial charge is 0.251 e. The van der Waals surface area contributed by atoms with Crippen LogP contribution in [0.25, 0.3) is 0 Å². The molecule has 0 saturated heterocycles. The Bertz CT molecular complexity index is 763. The molecule has 2 aromatic carbocycles. The number of carbonyl (C=O) groups excluding carboxylic acids is 2. The summed E-state index contributed by atoms with van der Waals surface area (Å²) in [5, 5.41) is 6.07. The topological polar surface area (TPSA) is 67.4 Å². The second-order valence-electron chi connectivity index (χ2n) is 6.62. The lowest BCUT2D eigenvalue weighted by molar-refractivity contribution is -0.116. The first-order valence-electron chi connectivity index (χ1n) is 9.01. The standard InChI is InChI=1S/C21H25ClN2O3/c1-15(2)14-27-19-11-10-17(13-18(19)22)24-20(25)9-6-12-23-21(26)16-7-4-3-5-8-16/h3-5,7-8,10-11,13,15H,6,9,12,14H2,1-2H3,(H,23,26)(H,24,25). The molecule has 2 N–H and O–H groups in total. The molecular formula is C21H25ClN2O3. The van der Waals surface area contributed by atoms with E-state index in [9.17, 15) is 9.59 Å². The van der Waals surface area contributed by atoms with Crippen LogP contribution in [0.15, 0.2) is 48.5 Å². The van der Waals surface area contributed by atoms with Crippen LogP contribution in [0.1, 0.15) is 37.0 Å². The minimum absolute atomic E-state index is 0.129. The predicted molar refractivity (Wildman–Crippen MR) is 108 cm³/mol. The zero-order chi connectivity index (χ0) is 19.6. The first-order chi connectivity index (χ1) is 13.0. The molecule has 0 radical (unpaired) electrons. The summed E-state index contributed by atoms with van der Waals surface area (Å²) in [7, 11) is 0. The summed E-state index contributed by atoms with van der Waals surface area (Å²) in [6, 6.07) is 14.2. The first kappa shape index (κ1) is 20.8. The van der Waals surface area contributed by atoms with E-state index in [1.165, 1.54) is 0 Å².